The van der Waals surface area contributed by atoms with E-state index < -0.39 is 17.3 Å². The standard InChI is InChI=1S/C34H39ClO8/c1-4-18-38-19-20-39-21-22-40-23-24-41-29-12-10-28(11-13-29)33(36)42-30-14-6-26(7-15-30)27-8-16-31(17-9-27)43-34(37)32(35)25(3)5-2/h4,6-17,25,32H,1,5,18-24H2,2-3H3/t25-,32-/m0/s1. The summed E-state index contributed by atoms with van der Waals surface area (Å²) in [6.45, 7) is 10.8. The molecule has 0 spiro atoms. The maximum atomic E-state index is 12.6. The number of hydrogen-bond acceptors (Lipinski definition) is 8. The van der Waals surface area contributed by atoms with Gasteiger partial charge in [-0.1, -0.05) is 50.6 Å². The maximum absolute atomic E-state index is 12.6. The molecule has 3 rings (SSSR count). The van der Waals surface area contributed by atoms with Crippen molar-refractivity contribution in [2.75, 3.05) is 46.2 Å². The van der Waals surface area contributed by atoms with Crippen LogP contribution in [-0.4, -0.2) is 63.6 Å². The van der Waals surface area contributed by atoms with E-state index in [4.69, 9.17) is 40.0 Å². The van der Waals surface area contributed by atoms with Crippen LogP contribution < -0.4 is 14.2 Å². The van der Waals surface area contributed by atoms with Crippen molar-refractivity contribution < 1.29 is 38.0 Å². The highest BCUT2D eigenvalue weighted by Crippen LogP contribution is 2.26. The summed E-state index contributed by atoms with van der Waals surface area (Å²) in [4.78, 5) is 24.8. The monoisotopic (exact) mass is 610 g/mol. The van der Waals surface area contributed by atoms with Gasteiger partial charge >= 0.3 is 11.9 Å². The van der Waals surface area contributed by atoms with E-state index in [1.54, 1.807) is 54.6 Å². The van der Waals surface area contributed by atoms with Crippen molar-refractivity contribution in [3.8, 4) is 28.4 Å². The van der Waals surface area contributed by atoms with Crippen molar-refractivity contribution in [2.45, 2.75) is 25.6 Å². The Hall–Kier alpha value is -3.69. The molecule has 0 fully saturated rings. The van der Waals surface area contributed by atoms with Crippen LogP contribution in [0.1, 0.15) is 30.6 Å². The van der Waals surface area contributed by atoms with Gasteiger partial charge in [-0.3, -0.25) is 4.79 Å². The number of ether oxygens (including phenoxy) is 6. The quantitative estimate of drug-likeness (QED) is 0.0484. The molecule has 0 N–H and O–H groups in total. The second-order valence-corrected chi connectivity index (χ2v) is 10.1. The lowest BCUT2D eigenvalue weighted by atomic mass is 10.0. The Morgan fingerprint density at radius 2 is 1.21 bits per heavy atom. The third-order valence-corrected chi connectivity index (χ3v) is 7.01. The van der Waals surface area contributed by atoms with Crippen molar-refractivity contribution in [3.05, 3.63) is 91.0 Å². The summed E-state index contributed by atoms with van der Waals surface area (Å²) < 4.78 is 32.7. The first kappa shape index (κ1) is 33.8. The van der Waals surface area contributed by atoms with E-state index in [0.29, 0.717) is 69.1 Å². The minimum atomic E-state index is -0.688. The first-order valence-electron chi connectivity index (χ1n) is 14.3. The van der Waals surface area contributed by atoms with Gasteiger partial charge in [-0.2, -0.15) is 0 Å². The molecular weight excluding hydrogens is 572 g/mol. The fourth-order valence-electron chi connectivity index (χ4n) is 3.72. The molecule has 0 saturated carbocycles. The van der Waals surface area contributed by atoms with Gasteiger partial charge in [-0.05, 0) is 65.6 Å². The minimum absolute atomic E-state index is 0.0288. The zero-order valence-electron chi connectivity index (χ0n) is 24.7. The Bertz CT molecular complexity index is 1260. The van der Waals surface area contributed by atoms with Crippen LogP contribution in [0, 0.1) is 5.92 Å². The predicted octanol–water partition coefficient (Wildman–Crippen LogP) is 6.75. The normalized spacial score (nSPS) is 12.3. The zero-order chi connectivity index (χ0) is 30.9. The lowest BCUT2D eigenvalue weighted by Gasteiger charge is -2.15. The molecule has 0 aliphatic carbocycles. The van der Waals surface area contributed by atoms with E-state index >= 15 is 0 Å². The smallest absolute Gasteiger partial charge is 0.343 e. The molecule has 0 bridgehead atoms. The van der Waals surface area contributed by atoms with Crippen LogP contribution in [0.4, 0.5) is 0 Å². The third-order valence-electron chi connectivity index (χ3n) is 6.41. The lowest BCUT2D eigenvalue weighted by Crippen LogP contribution is -2.26. The van der Waals surface area contributed by atoms with Gasteiger partial charge in [0.05, 0.1) is 45.2 Å². The Kier molecular flexibility index (Phi) is 14.8. The molecule has 0 aliphatic rings. The Morgan fingerprint density at radius 3 is 1.74 bits per heavy atom. The first-order chi connectivity index (χ1) is 20.9. The van der Waals surface area contributed by atoms with Crippen LogP contribution in [0.3, 0.4) is 0 Å². The van der Waals surface area contributed by atoms with Crippen LogP contribution in [0.15, 0.2) is 85.5 Å². The summed E-state index contributed by atoms with van der Waals surface area (Å²) in [6, 6.07) is 21.0. The molecule has 0 aromatic heterocycles. The van der Waals surface area contributed by atoms with Crippen LogP contribution >= 0.6 is 11.6 Å². The van der Waals surface area contributed by atoms with Gasteiger partial charge in [-0.25, -0.2) is 4.79 Å². The highest BCUT2D eigenvalue weighted by atomic mass is 35.5. The number of esters is 2. The second-order valence-electron chi connectivity index (χ2n) is 9.61. The van der Waals surface area contributed by atoms with Crippen molar-refractivity contribution >= 4 is 23.5 Å². The SMILES string of the molecule is C=CCOCCOCCOCCOc1ccc(C(=O)Oc2ccc(-c3ccc(OC(=O)[C@@H](Cl)[C@@H](C)CC)cc3)cc2)cc1. The molecule has 3 aromatic rings. The average Bonchev–Trinajstić information content (AvgIpc) is 3.04. The lowest BCUT2D eigenvalue weighted by molar-refractivity contribution is -0.134. The van der Waals surface area contributed by atoms with Gasteiger partial charge in [0.15, 0.2) is 0 Å². The van der Waals surface area contributed by atoms with Gasteiger partial charge in [0.25, 0.3) is 0 Å². The topological polar surface area (TPSA) is 89.5 Å². The molecule has 3 aromatic carbocycles. The summed E-state index contributed by atoms with van der Waals surface area (Å²) in [5.41, 5.74) is 2.24. The second kappa shape index (κ2) is 18.8. The highest BCUT2D eigenvalue weighted by molar-refractivity contribution is 6.30. The number of alkyl halides is 1. The van der Waals surface area contributed by atoms with Gasteiger partial charge in [0, 0.05) is 0 Å². The summed E-state index contributed by atoms with van der Waals surface area (Å²) in [5.74, 6) is 0.574. The van der Waals surface area contributed by atoms with Crippen LogP contribution in [0.25, 0.3) is 11.1 Å². The highest BCUT2D eigenvalue weighted by Gasteiger charge is 2.23. The maximum Gasteiger partial charge on any atom is 0.343 e. The van der Waals surface area contributed by atoms with E-state index in [2.05, 4.69) is 6.58 Å². The average molecular weight is 611 g/mol. The van der Waals surface area contributed by atoms with Crippen molar-refractivity contribution in [1.82, 2.24) is 0 Å². The molecule has 0 saturated heterocycles. The largest absolute Gasteiger partial charge is 0.491 e. The first-order valence-corrected chi connectivity index (χ1v) is 14.7. The third kappa shape index (κ3) is 11.8. The summed E-state index contributed by atoms with van der Waals surface area (Å²) in [5, 5.41) is -0.688. The number of rotatable bonds is 19. The molecule has 0 aliphatic heterocycles. The molecule has 230 valence electrons. The van der Waals surface area contributed by atoms with Gasteiger partial charge < -0.3 is 28.4 Å². The molecule has 9 heteroatoms. The van der Waals surface area contributed by atoms with E-state index in [9.17, 15) is 9.59 Å². The van der Waals surface area contributed by atoms with Crippen molar-refractivity contribution in [1.29, 1.82) is 0 Å². The number of benzene rings is 3. The number of hydrogen-bond donors (Lipinski definition) is 0. The van der Waals surface area contributed by atoms with Gasteiger partial charge in [0.2, 0.25) is 0 Å². The van der Waals surface area contributed by atoms with Crippen molar-refractivity contribution in [3.63, 3.8) is 0 Å². The predicted molar refractivity (Wildman–Crippen MR) is 166 cm³/mol. The van der Waals surface area contributed by atoms with Crippen LogP contribution in [-0.2, 0) is 19.0 Å². The fraction of sp³-hybridized carbons (Fsp3) is 0.353. The Labute approximate surface area is 258 Å². The molecule has 8 nitrogen and oxygen atoms in total. The molecule has 2 atom stereocenters. The van der Waals surface area contributed by atoms with Gasteiger partial charge in [0.1, 0.15) is 29.2 Å². The number of carbonyl (C=O) groups is 2. The number of carbonyl (C=O) groups excluding carboxylic acids is 2. The van der Waals surface area contributed by atoms with E-state index in [1.807, 2.05) is 38.1 Å². The summed E-state index contributed by atoms with van der Waals surface area (Å²) in [6.07, 6.45) is 2.48. The van der Waals surface area contributed by atoms with Gasteiger partial charge in [-0.15, -0.1) is 18.2 Å². The Balaban J connectivity index is 1.38. The van der Waals surface area contributed by atoms with Crippen LogP contribution in [0.2, 0.25) is 0 Å². The fourth-order valence-corrected chi connectivity index (χ4v) is 3.94. The van der Waals surface area contributed by atoms with Crippen molar-refractivity contribution in [2.24, 2.45) is 5.92 Å². The molecule has 0 radical (unpaired) electrons. The Morgan fingerprint density at radius 1 is 0.721 bits per heavy atom. The molecular formula is C34H39ClO8. The number of halogens is 1. The van der Waals surface area contributed by atoms with E-state index in [0.717, 1.165) is 17.5 Å². The van der Waals surface area contributed by atoms with E-state index in [1.165, 1.54) is 0 Å². The van der Waals surface area contributed by atoms with E-state index in [-0.39, 0.29) is 5.92 Å². The summed E-state index contributed by atoms with van der Waals surface area (Å²) >= 11 is 6.18. The zero-order valence-corrected chi connectivity index (χ0v) is 25.4. The summed E-state index contributed by atoms with van der Waals surface area (Å²) in [7, 11) is 0. The molecule has 0 amide bonds. The molecule has 0 heterocycles. The minimum Gasteiger partial charge on any atom is -0.491 e. The van der Waals surface area contributed by atoms with Crippen LogP contribution in [0.5, 0.6) is 17.2 Å². The molecule has 0 unspecified atom stereocenters. The molecule has 43 heavy (non-hydrogen) atoms.